The molecule has 1 amide bonds. The van der Waals surface area contributed by atoms with E-state index in [2.05, 4.69) is 10.3 Å². The molecule has 0 aliphatic carbocycles. The van der Waals surface area contributed by atoms with Crippen LogP contribution < -0.4 is 5.32 Å². The lowest BCUT2D eigenvalue weighted by Gasteiger charge is -2.12. The zero-order valence-corrected chi connectivity index (χ0v) is 13.5. The van der Waals surface area contributed by atoms with Gasteiger partial charge in [-0.1, -0.05) is 0 Å². The third kappa shape index (κ3) is 2.82. The number of furan rings is 1. The Morgan fingerprint density at radius 1 is 1.36 bits per heavy atom. The zero-order chi connectivity index (χ0) is 15.7. The van der Waals surface area contributed by atoms with E-state index in [1.165, 1.54) is 11.3 Å². The van der Waals surface area contributed by atoms with Gasteiger partial charge < -0.3 is 14.3 Å². The van der Waals surface area contributed by atoms with Crippen molar-refractivity contribution < 1.29 is 9.21 Å². The maximum atomic E-state index is 12.2. The number of carbonyl (C=O) groups is 1. The first kappa shape index (κ1) is 14.6. The molecule has 1 N–H and O–H groups in total. The largest absolute Gasteiger partial charge is 0.466 e. The molecule has 0 radical (unpaired) electrons. The number of aromatic nitrogens is 2. The van der Waals surface area contributed by atoms with Crippen molar-refractivity contribution in [3.05, 3.63) is 47.5 Å². The first-order chi connectivity index (χ1) is 10.5. The molecule has 3 aromatic heterocycles. The smallest absolute Gasteiger partial charge is 0.248 e. The Bertz CT molecular complexity index is 786. The molecule has 6 heteroatoms. The van der Waals surface area contributed by atoms with Crippen LogP contribution >= 0.6 is 11.3 Å². The Kier molecular flexibility index (Phi) is 3.85. The maximum absolute atomic E-state index is 12.2. The molecule has 0 saturated carbocycles. The molecule has 0 aliphatic heterocycles. The maximum Gasteiger partial charge on any atom is 0.248 e. The molecule has 1 atom stereocenters. The van der Waals surface area contributed by atoms with Crippen LogP contribution in [0.5, 0.6) is 0 Å². The van der Waals surface area contributed by atoms with Gasteiger partial charge in [0.05, 0.1) is 5.69 Å². The van der Waals surface area contributed by atoms with Crippen LogP contribution in [0.1, 0.15) is 24.5 Å². The highest BCUT2D eigenvalue weighted by molar-refractivity contribution is 7.14. The first-order valence-corrected chi connectivity index (χ1v) is 7.89. The van der Waals surface area contributed by atoms with Crippen molar-refractivity contribution in [2.24, 2.45) is 0 Å². The fraction of sp³-hybridized carbons (Fsp3) is 0.250. The number of anilines is 1. The van der Waals surface area contributed by atoms with Crippen LogP contribution in [-0.2, 0) is 4.79 Å². The van der Waals surface area contributed by atoms with E-state index in [9.17, 15) is 4.79 Å². The van der Waals surface area contributed by atoms with Crippen molar-refractivity contribution >= 4 is 22.4 Å². The summed E-state index contributed by atoms with van der Waals surface area (Å²) in [5, 5.41) is 5.38. The summed E-state index contributed by atoms with van der Waals surface area (Å²) in [6.07, 6.45) is 3.74. The number of nitrogens with one attached hydrogen (secondary N) is 1. The van der Waals surface area contributed by atoms with Crippen LogP contribution in [0.4, 0.5) is 5.13 Å². The Labute approximate surface area is 132 Å². The van der Waals surface area contributed by atoms with Crippen LogP contribution in [-0.4, -0.2) is 15.5 Å². The van der Waals surface area contributed by atoms with Crippen LogP contribution in [0, 0.1) is 13.8 Å². The van der Waals surface area contributed by atoms with E-state index < -0.39 is 0 Å². The minimum absolute atomic E-state index is 0.0859. The zero-order valence-electron chi connectivity index (χ0n) is 12.7. The quantitative estimate of drug-likeness (QED) is 0.791. The van der Waals surface area contributed by atoms with Gasteiger partial charge in [-0.25, -0.2) is 4.98 Å². The fourth-order valence-corrected chi connectivity index (χ4v) is 3.00. The van der Waals surface area contributed by atoms with E-state index in [1.807, 2.05) is 61.3 Å². The average molecular weight is 315 g/mol. The normalized spacial score (nSPS) is 12.3. The fourth-order valence-electron chi connectivity index (χ4n) is 2.29. The molecule has 0 fully saturated rings. The Hall–Kier alpha value is -2.34. The van der Waals surface area contributed by atoms with Gasteiger partial charge in [0, 0.05) is 23.3 Å². The molecule has 3 heterocycles. The standard InChI is InChI=1S/C16H17N3O2S/c1-10-8-13(12(3)21-10)14-9-22-16(17-14)18-15(20)11(2)19-6-4-5-7-19/h4-9,11H,1-3H3,(H,17,18,20). The highest BCUT2D eigenvalue weighted by Crippen LogP contribution is 2.29. The number of nitrogens with zero attached hydrogens (tertiary/aromatic N) is 2. The first-order valence-electron chi connectivity index (χ1n) is 7.01. The number of thiazole rings is 1. The molecular weight excluding hydrogens is 298 g/mol. The monoisotopic (exact) mass is 315 g/mol. The van der Waals surface area contributed by atoms with Crippen molar-refractivity contribution in [1.82, 2.24) is 9.55 Å². The Morgan fingerprint density at radius 2 is 2.09 bits per heavy atom. The van der Waals surface area contributed by atoms with Crippen molar-refractivity contribution in [2.45, 2.75) is 26.8 Å². The number of aryl methyl sites for hydroxylation is 2. The molecule has 1 unspecified atom stereocenters. The Balaban J connectivity index is 1.74. The lowest BCUT2D eigenvalue weighted by Crippen LogP contribution is -2.22. The Morgan fingerprint density at radius 3 is 2.73 bits per heavy atom. The molecule has 0 aliphatic rings. The van der Waals surface area contributed by atoms with Gasteiger partial charge in [-0.15, -0.1) is 11.3 Å². The van der Waals surface area contributed by atoms with Crippen molar-refractivity contribution in [2.75, 3.05) is 5.32 Å². The summed E-state index contributed by atoms with van der Waals surface area (Å²) in [6, 6.07) is 5.48. The van der Waals surface area contributed by atoms with Gasteiger partial charge in [-0.3, -0.25) is 4.79 Å². The molecule has 5 nitrogen and oxygen atoms in total. The third-order valence-electron chi connectivity index (χ3n) is 3.51. The molecule has 3 aromatic rings. The van der Waals surface area contributed by atoms with E-state index >= 15 is 0 Å². The van der Waals surface area contributed by atoms with Gasteiger partial charge in [0.2, 0.25) is 5.91 Å². The lowest BCUT2D eigenvalue weighted by molar-refractivity contribution is -0.118. The van der Waals surface area contributed by atoms with Crippen molar-refractivity contribution in [3.63, 3.8) is 0 Å². The SMILES string of the molecule is Cc1cc(-c2csc(NC(=O)C(C)n3cccc3)n2)c(C)o1. The predicted molar refractivity (Wildman–Crippen MR) is 87.1 cm³/mol. The molecule has 0 saturated heterocycles. The van der Waals surface area contributed by atoms with Crippen LogP contribution in [0.25, 0.3) is 11.3 Å². The van der Waals surface area contributed by atoms with Gasteiger partial charge in [-0.2, -0.15) is 0 Å². The number of hydrogen-bond donors (Lipinski definition) is 1. The lowest BCUT2D eigenvalue weighted by atomic mass is 10.2. The molecule has 0 bridgehead atoms. The number of carbonyl (C=O) groups excluding carboxylic acids is 1. The molecule has 0 aromatic carbocycles. The van der Waals surface area contributed by atoms with Crippen molar-refractivity contribution in [1.29, 1.82) is 0 Å². The highest BCUT2D eigenvalue weighted by atomic mass is 32.1. The molecule has 22 heavy (non-hydrogen) atoms. The molecule has 0 spiro atoms. The number of hydrogen-bond acceptors (Lipinski definition) is 4. The summed E-state index contributed by atoms with van der Waals surface area (Å²) >= 11 is 1.41. The van der Waals surface area contributed by atoms with Crippen LogP contribution in [0.15, 0.2) is 40.4 Å². The second kappa shape index (κ2) is 5.81. The molecular formula is C16H17N3O2S. The summed E-state index contributed by atoms with van der Waals surface area (Å²) in [7, 11) is 0. The van der Waals surface area contributed by atoms with Gasteiger partial charge in [-0.05, 0) is 39.0 Å². The van der Waals surface area contributed by atoms with Crippen LogP contribution in [0.3, 0.4) is 0 Å². The summed E-state index contributed by atoms with van der Waals surface area (Å²) in [4.78, 5) is 16.7. The average Bonchev–Trinajstić information content (AvgIpc) is 3.19. The van der Waals surface area contributed by atoms with E-state index in [1.54, 1.807) is 0 Å². The van der Waals surface area contributed by atoms with Gasteiger partial charge >= 0.3 is 0 Å². The van der Waals surface area contributed by atoms with E-state index in [-0.39, 0.29) is 11.9 Å². The predicted octanol–water partition coefficient (Wildman–Crippen LogP) is 4.02. The second-order valence-corrected chi connectivity index (χ2v) is 6.02. The number of rotatable bonds is 4. The third-order valence-corrected chi connectivity index (χ3v) is 4.26. The topological polar surface area (TPSA) is 60.1 Å². The highest BCUT2D eigenvalue weighted by Gasteiger charge is 2.17. The number of amides is 1. The van der Waals surface area contributed by atoms with Gasteiger partial charge in [0.25, 0.3) is 0 Å². The van der Waals surface area contributed by atoms with Gasteiger partial charge in [0.1, 0.15) is 17.6 Å². The summed E-state index contributed by atoms with van der Waals surface area (Å²) in [5.74, 6) is 1.60. The second-order valence-electron chi connectivity index (χ2n) is 5.16. The van der Waals surface area contributed by atoms with E-state index in [4.69, 9.17) is 4.42 Å². The van der Waals surface area contributed by atoms with Gasteiger partial charge in [0.15, 0.2) is 5.13 Å². The summed E-state index contributed by atoms with van der Waals surface area (Å²) in [6.45, 7) is 5.67. The van der Waals surface area contributed by atoms with E-state index in [0.29, 0.717) is 5.13 Å². The van der Waals surface area contributed by atoms with Crippen LogP contribution in [0.2, 0.25) is 0 Å². The van der Waals surface area contributed by atoms with Crippen molar-refractivity contribution in [3.8, 4) is 11.3 Å². The minimum Gasteiger partial charge on any atom is -0.466 e. The van der Waals surface area contributed by atoms with E-state index in [0.717, 1.165) is 22.8 Å². The summed E-state index contributed by atoms with van der Waals surface area (Å²) in [5.41, 5.74) is 1.79. The molecule has 114 valence electrons. The molecule has 3 rings (SSSR count). The summed E-state index contributed by atoms with van der Waals surface area (Å²) < 4.78 is 7.37. The minimum atomic E-state index is -0.278.